The topological polar surface area (TPSA) is 116 Å². The summed E-state index contributed by atoms with van der Waals surface area (Å²) in [6.07, 6.45) is 1.78. The molecule has 29 heavy (non-hydrogen) atoms. The number of benzene rings is 1. The number of aromatic nitrogens is 1. The predicted molar refractivity (Wildman–Crippen MR) is 114 cm³/mol. The number of nitro groups is 1. The second-order valence-corrected chi connectivity index (χ2v) is 6.78. The number of amides is 1. The van der Waals surface area contributed by atoms with E-state index in [1.165, 1.54) is 30.6 Å². The number of hydrogen-bond donors (Lipinski definition) is 2. The zero-order valence-electron chi connectivity index (χ0n) is 15.6. The summed E-state index contributed by atoms with van der Waals surface area (Å²) in [6.45, 7) is 1.70. The van der Waals surface area contributed by atoms with Crippen molar-refractivity contribution < 1.29 is 19.2 Å². The second-order valence-electron chi connectivity index (χ2n) is 6.06. The van der Waals surface area contributed by atoms with E-state index in [1.807, 2.05) is 5.38 Å². The van der Waals surface area contributed by atoms with Crippen LogP contribution in [0.1, 0.15) is 28.9 Å². The van der Waals surface area contributed by atoms with Crippen molar-refractivity contribution >= 4 is 47.7 Å². The molecule has 0 radical (unpaired) electrons. The van der Waals surface area contributed by atoms with Gasteiger partial charge in [0.25, 0.3) is 11.6 Å². The Morgan fingerprint density at radius 2 is 2.21 bits per heavy atom. The van der Waals surface area contributed by atoms with E-state index in [2.05, 4.69) is 15.6 Å². The zero-order valence-corrected chi connectivity index (χ0v) is 18.0. The Morgan fingerprint density at radius 1 is 1.41 bits per heavy atom. The number of halogens is 2. The lowest BCUT2D eigenvalue weighted by atomic mass is 10.1. The van der Waals surface area contributed by atoms with Crippen molar-refractivity contribution in [2.24, 2.45) is 0 Å². The van der Waals surface area contributed by atoms with Gasteiger partial charge in [-0.15, -0.1) is 36.2 Å². The van der Waals surface area contributed by atoms with Crippen LogP contribution >= 0.6 is 36.2 Å². The molecule has 2 aromatic rings. The molecule has 1 aliphatic rings. The maximum Gasteiger partial charge on any atom is 0.286 e. The molecule has 1 aromatic heterocycles. The number of carbonyl (C=O) groups excluding carboxylic acids is 1. The molecule has 1 aliphatic heterocycles. The number of hydrogen-bond acceptors (Lipinski definition) is 8. The third-order valence-electron chi connectivity index (χ3n) is 4.21. The fraction of sp³-hybridized carbons (Fsp3) is 0.412. The summed E-state index contributed by atoms with van der Waals surface area (Å²) in [5.41, 5.74) is 2.00. The quantitative estimate of drug-likeness (QED) is 0.477. The predicted octanol–water partition coefficient (Wildman–Crippen LogP) is 2.96. The van der Waals surface area contributed by atoms with Crippen molar-refractivity contribution in [2.45, 2.75) is 25.5 Å². The van der Waals surface area contributed by atoms with E-state index in [4.69, 9.17) is 9.47 Å². The average molecular weight is 465 g/mol. The maximum atomic E-state index is 12.6. The molecule has 0 spiro atoms. The van der Waals surface area contributed by atoms with Crippen LogP contribution in [-0.4, -0.2) is 42.1 Å². The second kappa shape index (κ2) is 11.8. The number of thiazole rings is 1. The third kappa shape index (κ3) is 6.43. The zero-order chi connectivity index (χ0) is 19.2. The van der Waals surface area contributed by atoms with Gasteiger partial charge in [0, 0.05) is 24.0 Å². The molecule has 0 aliphatic carbocycles. The first kappa shape index (κ1) is 24.9. The van der Waals surface area contributed by atoms with Crippen LogP contribution in [-0.2, 0) is 6.61 Å². The highest BCUT2D eigenvalue weighted by molar-refractivity contribution is 7.07. The van der Waals surface area contributed by atoms with E-state index >= 15 is 0 Å². The minimum Gasteiger partial charge on any atom is -0.493 e. The number of rotatable bonds is 7. The molecular weight excluding hydrogens is 443 g/mol. The summed E-state index contributed by atoms with van der Waals surface area (Å²) in [7, 11) is 1.42. The first-order valence-electron chi connectivity index (χ1n) is 8.46. The van der Waals surface area contributed by atoms with Crippen LogP contribution in [0.15, 0.2) is 23.0 Å². The number of nitro benzene ring substituents is 1. The van der Waals surface area contributed by atoms with Crippen LogP contribution in [0.4, 0.5) is 5.69 Å². The standard InChI is InChI=1S/C17H20N4O5S.2ClH/c1-25-15-5-13(17(22)20-11-3-2-4-18-7-11)14(21(23)24)6-16(15)26-8-12-9-27-10-19-12;;/h5-6,9-11,18H,2-4,7-8H2,1H3,(H,20,22);2*1H/t11-;;/m0../s1. The van der Waals surface area contributed by atoms with Gasteiger partial charge in [-0.2, -0.15) is 0 Å². The molecule has 9 nitrogen and oxygen atoms in total. The van der Waals surface area contributed by atoms with E-state index in [0.717, 1.165) is 19.4 Å². The summed E-state index contributed by atoms with van der Waals surface area (Å²) in [4.78, 5) is 27.6. The lowest BCUT2D eigenvalue weighted by molar-refractivity contribution is -0.385. The van der Waals surface area contributed by atoms with E-state index in [0.29, 0.717) is 12.2 Å². The molecule has 1 amide bonds. The highest BCUT2D eigenvalue weighted by Gasteiger charge is 2.26. The molecule has 2 heterocycles. The molecule has 3 rings (SSSR count). The smallest absolute Gasteiger partial charge is 0.286 e. The Labute approximate surface area is 184 Å². The van der Waals surface area contributed by atoms with Gasteiger partial charge in [-0.25, -0.2) is 4.98 Å². The normalized spacial score (nSPS) is 15.4. The van der Waals surface area contributed by atoms with Crippen molar-refractivity contribution in [3.8, 4) is 11.5 Å². The number of carbonyl (C=O) groups is 1. The molecule has 1 saturated heterocycles. The molecule has 1 aromatic carbocycles. The molecule has 2 N–H and O–H groups in total. The third-order valence-corrected chi connectivity index (χ3v) is 4.85. The number of nitrogens with one attached hydrogen (secondary N) is 2. The van der Waals surface area contributed by atoms with Crippen molar-refractivity contribution in [2.75, 3.05) is 20.2 Å². The molecule has 0 unspecified atom stereocenters. The van der Waals surface area contributed by atoms with E-state index in [9.17, 15) is 14.9 Å². The fourth-order valence-corrected chi connectivity index (χ4v) is 3.40. The van der Waals surface area contributed by atoms with Crippen molar-refractivity contribution in [3.63, 3.8) is 0 Å². The fourth-order valence-electron chi connectivity index (χ4n) is 2.85. The minimum atomic E-state index is -0.594. The lowest BCUT2D eigenvalue weighted by Gasteiger charge is -2.23. The highest BCUT2D eigenvalue weighted by atomic mass is 35.5. The summed E-state index contributed by atoms with van der Waals surface area (Å²) in [5, 5.41) is 19.4. The van der Waals surface area contributed by atoms with Gasteiger partial charge in [0.05, 0.1) is 29.3 Å². The Bertz CT molecular complexity index is 816. The number of piperidine rings is 1. The van der Waals surface area contributed by atoms with E-state index in [-0.39, 0.29) is 60.2 Å². The molecule has 0 bridgehead atoms. The molecule has 12 heteroatoms. The Kier molecular flexibility index (Phi) is 10.1. The van der Waals surface area contributed by atoms with E-state index in [1.54, 1.807) is 5.51 Å². The van der Waals surface area contributed by atoms with Crippen LogP contribution in [0.25, 0.3) is 0 Å². The van der Waals surface area contributed by atoms with Gasteiger partial charge in [-0.05, 0) is 19.4 Å². The highest BCUT2D eigenvalue weighted by Crippen LogP contribution is 2.35. The first-order chi connectivity index (χ1) is 13.1. The van der Waals surface area contributed by atoms with Crippen LogP contribution in [0.5, 0.6) is 11.5 Å². The van der Waals surface area contributed by atoms with Gasteiger partial charge >= 0.3 is 0 Å². The molecule has 1 fully saturated rings. The van der Waals surface area contributed by atoms with Gasteiger partial charge in [0.15, 0.2) is 11.5 Å². The monoisotopic (exact) mass is 464 g/mol. The van der Waals surface area contributed by atoms with Gasteiger partial charge in [-0.3, -0.25) is 14.9 Å². The minimum absolute atomic E-state index is 0. The Morgan fingerprint density at radius 3 is 2.79 bits per heavy atom. The summed E-state index contributed by atoms with van der Waals surface area (Å²) >= 11 is 1.43. The summed E-state index contributed by atoms with van der Waals surface area (Å²) in [5.74, 6) is -0.0596. The van der Waals surface area contributed by atoms with Gasteiger partial charge < -0.3 is 20.1 Å². The number of methoxy groups -OCH3 is 1. The van der Waals surface area contributed by atoms with Gasteiger partial charge in [0.2, 0.25) is 0 Å². The van der Waals surface area contributed by atoms with E-state index < -0.39 is 10.8 Å². The van der Waals surface area contributed by atoms with Crippen LogP contribution in [0, 0.1) is 10.1 Å². The summed E-state index contributed by atoms with van der Waals surface area (Å²) < 4.78 is 10.9. The molecule has 160 valence electrons. The number of nitrogens with zero attached hydrogens (tertiary/aromatic N) is 2. The van der Waals surface area contributed by atoms with Crippen LogP contribution in [0.3, 0.4) is 0 Å². The van der Waals surface area contributed by atoms with Crippen LogP contribution < -0.4 is 20.1 Å². The largest absolute Gasteiger partial charge is 0.493 e. The molecule has 0 saturated carbocycles. The van der Waals surface area contributed by atoms with Crippen molar-refractivity contribution in [1.29, 1.82) is 0 Å². The molecular formula is C17H22Cl2N4O5S. The summed E-state index contributed by atoms with van der Waals surface area (Å²) in [6, 6.07) is 2.51. The molecule has 1 atom stereocenters. The Hall–Kier alpha value is -2.14. The maximum absolute atomic E-state index is 12.6. The van der Waals surface area contributed by atoms with Crippen molar-refractivity contribution in [1.82, 2.24) is 15.6 Å². The van der Waals surface area contributed by atoms with Crippen molar-refractivity contribution in [3.05, 3.63) is 44.4 Å². The first-order valence-corrected chi connectivity index (χ1v) is 9.40. The average Bonchev–Trinajstić information content (AvgIpc) is 3.20. The van der Waals surface area contributed by atoms with Gasteiger partial charge in [-0.1, -0.05) is 0 Å². The number of ether oxygens (including phenoxy) is 2. The lowest BCUT2D eigenvalue weighted by Crippen LogP contribution is -2.45. The van der Waals surface area contributed by atoms with Gasteiger partial charge in [0.1, 0.15) is 12.2 Å². The Balaban J connectivity index is 0.00000210. The SMILES string of the molecule is COc1cc(C(=O)N[C@H]2CCCNC2)c([N+](=O)[O-])cc1OCc1cscn1.Cl.Cl. The van der Waals surface area contributed by atoms with Crippen LogP contribution in [0.2, 0.25) is 0 Å².